The van der Waals surface area contributed by atoms with E-state index in [9.17, 15) is 14.4 Å². The number of hydrogen-bond acceptors (Lipinski definition) is 6. The molecule has 0 aliphatic heterocycles. The molecule has 0 fully saturated rings. The molecule has 0 aromatic heterocycles. The minimum atomic E-state index is -0.817. The molecule has 0 radical (unpaired) electrons. The summed E-state index contributed by atoms with van der Waals surface area (Å²) < 4.78 is 16.9. The van der Waals surface area contributed by atoms with E-state index in [2.05, 4.69) is 118 Å². The molecule has 0 rings (SSSR count). The molecule has 0 bridgehead atoms. The predicted octanol–water partition coefficient (Wildman–Crippen LogP) is 21.7. The Morgan fingerprint density at radius 1 is 0.267 bits per heavy atom. The van der Waals surface area contributed by atoms with Crippen LogP contribution in [-0.2, 0) is 28.6 Å². The van der Waals surface area contributed by atoms with Gasteiger partial charge in [0.2, 0.25) is 0 Å². The summed E-state index contributed by atoms with van der Waals surface area (Å²) in [7, 11) is 0. The summed E-state index contributed by atoms with van der Waals surface area (Å²) >= 11 is 0. The van der Waals surface area contributed by atoms with Gasteiger partial charge in [-0.15, -0.1) is 0 Å². The van der Waals surface area contributed by atoms with Crippen molar-refractivity contribution >= 4 is 17.9 Å². The Hall–Kier alpha value is -3.67. The van der Waals surface area contributed by atoms with Crippen LogP contribution >= 0.6 is 0 Å². The van der Waals surface area contributed by atoms with E-state index in [1.54, 1.807) is 0 Å². The van der Waals surface area contributed by atoms with Crippen molar-refractivity contribution in [2.45, 2.75) is 309 Å². The fraction of sp³-hybridized carbons (Fsp3) is 0.725. The van der Waals surface area contributed by atoms with Crippen LogP contribution in [0, 0.1) is 0 Å². The van der Waals surface area contributed by atoms with Gasteiger partial charge in [0, 0.05) is 19.3 Å². The largest absolute Gasteiger partial charge is 0.462 e. The van der Waals surface area contributed by atoms with E-state index in [1.807, 2.05) is 0 Å². The zero-order valence-corrected chi connectivity index (χ0v) is 49.3. The number of hydrogen-bond donors (Lipinski definition) is 0. The van der Waals surface area contributed by atoms with Gasteiger partial charge in [-0.2, -0.15) is 0 Å². The second kappa shape index (κ2) is 62.9. The van der Waals surface area contributed by atoms with Crippen molar-refractivity contribution in [2.24, 2.45) is 0 Å². The highest BCUT2D eigenvalue weighted by Gasteiger charge is 2.19. The van der Waals surface area contributed by atoms with Crippen LogP contribution in [0.15, 0.2) is 97.2 Å². The van der Waals surface area contributed by atoms with Gasteiger partial charge in [0.1, 0.15) is 13.2 Å². The molecular weight excluding hydrogens is 925 g/mol. The molecule has 0 aromatic rings. The van der Waals surface area contributed by atoms with Crippen LogP contribution in [0.1, 0.15) is 303 Å². The van der Waals surface area contributed by atoms with E-state index in [4.69, 9.17) is 14.2 Å². The average molecular weight is 1040 g/mol. The summed E-state index contributed by atoms with van der Waals surface area (Å²) in [6, 6.07) is 0. The third-order valence-electron chi connectivity index (χ3n) is 13.6. The molecule has 0 N–H and O–H groups in total. The lowest BCUT2D eigenvalue weighted by Gasteiger charge is -2.18. The number of carbonyl (C=O) groups excluding carboxylic acids is 3. The smallest absolute Gasteiger partial charge is 0.306 e. The van der Waals surface area contributed by atoms with Crippen molar-refractivity contribution in [1.82, 2.24) is 0 Å². The second-order valence-corrected chi connectivity index (χ2v) is 21.0. The Morgan fingerprint density at radius 2 is 0.493 bits per heavy atom. The van der Waals surface area contributed by atoms with E-state index < -0.39 is 6.10 Å². The Labute approximate surface area is 464 Å². The van der Waals surface area contributed by atoms with Gasteiger partial charge in [0.25, 0.3) is 0 Å². The third kappa shape index (κ3) is 61.1. The quantitative estimate of drug-likeness (QED) is 0.0261. The maximum atomic E-state index is 12.9. The third-order valence-corrected chi connectivity index (χ3v) is 13.6. The summed E-state index contributed by atoms with van der Waals surface area (Å²) in [5, 5.41) is 0. The van der Waals surface area contributed by atoms with Gasteiger partial charge in [-0.05, 0) is 103 Å². The zero-order valence-electron chi connectivity index (χ0n) is 49.3. The molecule has 0 heterocycles. The SMILES string of the molecule is CCCCC/C=C\C/C=C\C/C=C\C/C=C\CCCCCC(=O)O[C@H](COC(=O)CCC/C=C\C/C=C\C/C=C\C/C=C\CCCCC)COC(=O)CCCCCCCCCCCCCCCCCCCCCCC. The number of esters is 3. The van der Waals surface area contributed by atoms with Crippen LogP contribution in [0.3, 0.4) is 0 Å². The molecule has 0 aliphatic rings. The van der Waals surface area contributed by atoms with Crippen LogP contribution in [0.25, 0.3) is 0 Å². The average Bonchev–Trinajstić information content (AvgIpc) is 3.41. The highest BCUT2D eigenvalue weighted by molar-refractivity contribution is 5.71. The van der Waals surface area contributed by atoms with E-state index in [0.29, 0.717) is 12.8 Å². The number of rotatable bonds is 57. The van der Waals surface area contributed by atoms with Gasteiger partial charge in [-0.1, -0.05) is 279 Å². The number of ether oxygens (including phenoxy) is 3. The summed E-state index contributed by atoms with van der Waals surface area (Å²) in [6.45, 7) is 6.54. The van der Waals surface area contributed by atoms with Crippen LogP contribution in [0.5, 0.6) is 0 Å². The molecule has 430 valence electrons. The van der Waals surface area contributed by atoms with Crippen LogP contribution < -0.4 is 0 Å². The fourth-order valence-electron chi connectivity index (χ4n) is 8.77. The lowest BCUT2D eigenvalue weighted by Crippen LogP contribution is -2.30. The minimum Gasteiger partial charge on any atom is -0.462 e. The molecule has 0 spiro atoms. The Bertz CT molecular complexity index is 1480. The molecule has 6 heteroatoms. The number of unbranched alkanes of at least 4 members (excludes halogenated alkanes) is 30. The molecule has 0 unspecified atom stereocenters. The van der Waals surface area contributed by atoms with Crippen molar-refractivity contribution in [3.8, 4) is 0 Å². The molecule has 0 saturated carbocycles. The summed E-state index contributed by atoms with van der Waals surface area (Å²) in [5.74, 6) is -0.986. The van der Waals surface area contributed by atoms with Gasteiger partial charge in [0.15, 0.2) is 6.10 Å². The minimum absolute atomic E-state index is 0.106. The Balaban J connectivity index is 4.48. The molecule has 0 saturated heterocycles. The first-order valence-corrected chi connectivity index (χ1v) is 31.7. The van der Waals surface area contributed by atoms with Crippen molar-refractivity contribution in [3.63, 3.8) is 0 Å². The van der Waals surface area contributed by atoms with E-state index in [-0.39, 0.29) is 44.0 Å². The number of carbonyl (C=O) groups is 3. The van der Waals surface area contributed by atoms with Gasteiger partial charge in [-0.25, -0.2) is 0 Å². The predicted molar refractivity (Wildman–Crippen MR) is 325 cm³/mol. The summed E-state index contributed by atoms with van der Waals surface area (Å²) in [5.41, 5.74) is 0. The number of allylic oxidation sites excluding steroid dienone is 16. The van der Waals surface area contributed by atoms with E-state index in [0.717, 1.165) is 89.9 Å². The van der Waals surface area contributed by atoms with Gasteiger partial charge < -0.3 is 14.2 Å². The normalized spacial score (nSPS) is 12.7. The van der Waals surface area contributed by atoms with Gasteiger partial charge >= 0.3 is 17.9 Å². The standard InChI is InChI=1S/C69H118O6/c1-4-7-10-13-16-19-22-25-28-31-33-34-36-38-41-44-47-50-53-56-59-62-68(71)74-65-66(64-73-67(70)61-58-55-52-49-46-43-40-37-30-27-24-21-18-15-12-9-6-3)75-69(72)63-60-57-54-51-48-45-42-39-35-32-29-26-23-20-17-14-11-8-5-2/h17-18,20-21,26-27,29-30,35,39-40,43,45,48-49,52,66H,4-16,19,22-25,28,31-34,36-38,41-42,44,46-47,50-51,53-65H2,1-3H3/b20-17-,21-18-,29-26-,30-27-,39-35-,43-40-,48-45-,52-49-/t66-/m1/s1. The molecule has 0 aromatic carbocycles. The van der Waals surface area contributed by atoms with E-state index >= 15 is 0 Å². The molecule has 0 amide bonds. The fourth-order valence-corrected chi connectivity index (χ4v) is 8.77. The molecule has 6 nitrogen and oxygen atoms in total. The summed E-state index contributed by atoms with van der Waals surface area (Å²) in [6.07, 6.45) is 84.1. The lowest BCUT2D eigenvalue weighted by molar-refractivity contribution is -0.167. The maximum Gasteiger partial charge on any atom is 0.306 e. The molecular formula is C69H118O6. The van der Waals surface area contributed by atoms with Crippen molar-refractivity contribution in [1.29, 1.82) is 0 Å². The molecule has 1 atom stereocenters. The van der Waals surface area contributed by atoms with Crippen molar-refractivity contribution in [3.05, 3.63) is 97.2 Å². The first-order valence-electron chi connectivity index (χ1n) is 31.7. The highest BCUT2D eigenvalue weighted by atomic mass is 16.6. The van der Waals surface area contributed by atoms with Gasteiger partial charge in [-0.3, -0.25) is 14.4 Å². The van der Waals surface area contributed by atoms with Crippen molar-refractivity contribution < 1.29 is 28.6 Å². The van der Waals surface area contributed by atoms with Crippen LogP contribution in [-0.4, -0.2) is 37.2 Å². The Kier molecular flexibility index (Phi) is 59.8. The van der Waals surface area contributed by atoms with Gasteiger partial charge in [0.05, 0.1) is 0 Å². The first-order chi connectivity index (χ1) is 37.0. The molecule has 0 aliphatic carbocycles. The summed E-state index contributed by atoms with van der Waals surface area (Å²) in [4.78, 5) is 38.3. The monoisotopic (exact) mass is 1040 g/mol. The van der Waals surface area contributed by atoms with Crippen molar-refractivity contribution in [2.75, 3.05) is 13.2 Å². The second-order valence-electron chi connectivity index (χ2n) is 21.0. The van der Waals surface area contributed by atoms with E-state index in [1.165, 1.54) is 167 Å². The highest BCUT2D eigenvalue weighted by Crippen LogP contribution is 2.16. The van der Waals surface area contributed by atoms with Crippen LogP contribution in [0.4, 0.5) is 0 Å². The topological polar surface area (TPSA) is 78.9 Å². The maximum absolute atomic E-state index is 12.9. The zero-order chi connectivity index (χ0) is 54.3. The van der Waals surface area contributed by atoms with Crippen LogP contribution in [0.2, 0.25) is 0 Å². The first kappa shape index (κ1) is 71.3. The lowest BCUT2D eigenvalue weighted by atomic mass is 10.0. The Morgan fingerprint density at radius 3 is 0.827 bits per heavy atom. The molecule has 75 heavy (non-hydrogen) atoms.